The highest BCUT2D eigenvalue weighted by Crippen LogP contribution is 2.40. The van der Waals surface area contributed by atoms with E-state index in [1.165, 1.54) is 0 Å². The van der Waals surface area contributed by atoms with Crippen LogP contribution in [0.2, 0.25) is 0 Å². The van der Waals surface area contributed by atoms with Crippen molar-refractivity contribution in [2.45, 2.75) is 32.0 Å². The topological polar surface area (TPSA) is 29.5 Å². The van der Waals surface area contributed by atoms with Crippen molar-refractivity contribution in [3.63, 3.8) is 0 Å². The van der Waals surface area contributed by atoms with Crippen molar-refractivity contribution < 1.29 is 9.84 Å². The lowest BCUT2D eigenvalue weighted by molar-refractivity contribution is 0.0693. The molecule has 18 heavy (non-hydrogen) atoms. The number of rotatable bonds is 3. The molecule has 1 aromatic rings. The molecule has 2 rings (SSSR count). The van der Waals surface area contributed by atoms with Gasteiger partial charge in [-0.3, -0.25) is 0 Å². The highest BCUT2D eigenvalue weighted by molar-refractivity contribution is 9.12. The third kappa shape index (κ3) is 2.60. The first-order chi connectivity index (χ1) is 8.77. The minimum atomic E-state index is -0.544. The molecule has 94 valence electrons. The second-order valence-electron chi connectivity index (χ2n) is 4.16. The third-order valence-electron chi connectivity index (χ3n) is 3.09. The Morgan fingerprint density at radius 1 is 1.50 bits per heavy atom. The molecule has 0 spiro atoms. The molecule has 1 aliphatic heterocycles. The van der Waals surface area contributed by atoms with Gasteiger partial charge < -0.3 is 9.84 Å². The number of aryl methyl sites for hydroxylation is 1. The number of benzene rings is 1. The first-order valence-electron chi connectivity index (χ1n) is 6.00. The zero-order valence-corrected chi connectivity index (χ0v) is 11.8. The van der Waals surface area contributed by atoms with Crippen LogP contribution in [0, 0.1) is 10.8 Å². The van der Waals surface area contributed by atoms with Gasteiger partial charge in [0.15, 0.2) is 0 Å². The Bertz CT molecular complexity index is 511. The number of ether oxygens (including phenoxy) is 1. The van der Waals surface area contributed by atoms with Gasteiger partial charge in [-0.2, -0.15) is 0 Å². The van der Waals surface area contributed by atoms with Crippen molar-refractivity contribution in [2.75, 3.05) is 0 Å². The summed E-state index contributed by atoms with van der Waals surface area (Å²) in [6.07, 6.45) is 4.48. The minimum Gasteiger partial charge on any atom is -0.487 e. The lowest BCUT2D eigenvalue weighted by atomic mass is 9.97. The lowest BCUT2D eigenvalue weighted by Crippen LogP contribution is -2.17. The molecule has 0 bridgehead atoms. The summed E-state index contributed by atoms with van der Waals surface area (Å²) in [5, 5.41) is 10.3. The summed E-state index contributed by atoms with van der Waals surface area (Å²) in [6.45, 7) is 2.08. The molecule has 0 unspecified atom stereocenters. The zero-order chi connectivity index (χ0) is 13.0. The van der Waals surface area contributed by atoms with Crippen LogP contribution in [-0.2, 0) is 6.42 Å². The Labute approximate surface area is 116 Å². The maximum atomic E-state index is 10.3. The molecule has 0 radical (unpaired) electrons. The fourth-order valence-corrected chi connectivity index (χ4v) is 2.35. The maximum absolute atomic E-state index is 10.3. The molecule has 2 nitrogen and oxygen atoms in total. The summed E-state index contributed by atoms with van der Waals surface area (Å²) in [5.74, 6) is 3.59. The fourth-order valence-electron chi connectivity index (χ4n) is 2.22. The van der Waals surface area contributed by atoms with Crippen LogP contribution in [0.1, 0.15) is 30.6 Å². The van der Waals surface area contributed by atoms with Gasteiger partial charge in [-0.1, -0.05) is 31.1 Å². The van der Waals surface area contributed by atoms with Gasteiger partial charge in [-0.05, 0) is 29.0 Å². The van der Waals surface area contributed by atoms with Crippen LogP contribution in [0.4, 0.5) is 0 Å². The Morgan fingerprint density at radius 3 is 3.06 bits per heavy atom. The monoisotopic (exact) mass is 306 g/mol. The molecule has 0 saturated heterocycles. The molecule has 3 heteroatoms. The quantitative estimate of drug-likeness (QED) is 0.868. The van der Waals surface area contributed by atoms with Crippen LogP contribution < -0.4 is 4.74 Å². The van der Waals surface area contributed by atoms with Gasteiger partial charge in [0.05, 0.1) is 0 Å². The molecule has 0 aliphatic carbocycles. The molecule has 0 fully saturated rings. The van der Waals surface area contributed by atoms with Crippen molar-refractivity contribution in [3.8, 4) is 16.5 Å². The van der Waals surface area contributed by atoms with Crippen LogP contribution in [0.5, 0.6) is 5.75 Å². The fraction of sp³-hybridized carbons (Fsp3) is 0.333. The summed E-state index contributed by atoms with van der Waals surface area (Å²) in [7, 11) is 0. The van der Waals surface area contributed by atoms with E-state index in [2.05, 4.69) is 33.6 Å². The average Bonchev–Trinajstić information content (AvgIpc) is 2.72. The smallest absolute Gasteiger partial charge is 0.132 e. The summed E-state index contributed by atoms with van der Waals surface area (Å²) < 4.78 is 5.78. The molecule has 0 aromatic heterocycles. The lowest BCUT2D eigenvalue weighted by Gasteiger charge is -2.12. The largest absolute Gasteiger partial charge is 0.487 e. The number of hydrogen-bond donors (Lipinski definition) is 1. The molecule has 2 atom stereocenters. The van der Waals surface area contributed by atoms with Crippen molar-refractivity contribution in [3.05, 3.63) is 41.5 Å². The number of aliphatic hydroxyl groups excluding tert-OH is 1. The number of hydrogen-bond acceptors (Lipinski definition) is 2. The highest BCUT2D eigenvalue weighted by atomic mass is 79.9. The van der Waals surface area contributed by atoms with Crippen LogP contribution in [-0.4, -0.2) is 11.2 Å². The van der Waals surface area contributed by atoms with Crippen molar-refractivity contribution in [2.24, 2.45) is 0 Å². The first-order valence-corrected chi connectivity index (χ1v) is 6.80. The average molecular weight is 307 g/mol. The normalized spacial score (nSPS) is 21.3. The molecule has 1 aliphatic rings. The van der Waals surface area contributed by atoms with Crippen LogP contribution in [0.3, 0.4) is 0 Å². The van der Waals surface area contributed by atoms with E-state index in [0.717, 1.165) is 23.3 Å². The molecule has 1 aromatic carbocycles. The number of fused-ring (bicyclic) bond motifs is 1. The number of halogens is 1. The standard InChI is InChI=1S/C15H15BrO2/c1-2-11-7-6-9-12-14(11)15(17)13(18-12)8-4-3-5-10-16/h3-4,6-7,9,13,15,17H,2,8H2,1H3/b4-3+/t13-,15+/m0/s1. The van der Waals surface area contributed by atoms with Gasteiger partial charge in [0.1, 0.15) is 18.0 Å². The van der Waals surface area contributed by atoms with Gasteiger partial charge in [-0.25, -0.2) is 0 Å². The zero-order valence-electron chi connectivity index (χ0n) is 10.2. The maximum Gasteiger partial charge on any atom is 0.132 e. The van der Waals surface area contributed by atoms with Crippen LogP contribution >= 0.6 is 15.9 Å². The third-order valence-corrected chi connectivity index (χ3v) is 3.32. The first kappa shape index (κ1) is 13.2. The van der Waals surface area contributed by atoms with E-state index >= 15 is 0 Å². The Kier molecular flexibility index (Phi) is 4.46. The Hall–Kier alpha value is -1.24. The predicted molar refractivity (Wildman–Crippen MR) is 75.7 cm³/mol. The minimum absolute atomic E-state index is 0.207. The van der Waals surface area contributed by atoms with Crippen molar-refractivity contribution in [1.29, 1.82) is 0 Å². The SMILES string of the molecule is CCc1cccc2c1[C@H](O)[C@H](C/C=C/C#CBr)O2. The van der Waals surface area contributed by atoms with E-state index in [0.29, 0.717) is 6.42 Å². The highest BCUT2D eigenvalue weighted by Gasteiger charge is 2.33. The summed E-state index contributed by atoms with van der Waals surface area (Å²) >= 11 is 3.02. The Balaban J connectivity index is 2.14. The van der Waals surface area contributed by atoms with Gasteiger partial charge in [0, 0.05) is 27.9 Å². The molecule has 0 amide bonds. The molecule has 0 saturated carbocycles. The second kappa shape index (κ2) is 6.08. The second-order valence-corrected chi connectivity index (χ2v) is 4.56. The van der Waals surface area contributed by atoms with Gasteiger partial charge in [-0.15, -0.1) is 0 Å². The Morgan fingerprint density at radius 2 is 2.33 bits per heavy atom. The summed E-state index contributed by atoms with van der Waals surface area (Å²) in [6, 6.07) is 5.93. The van der Waals surface area contributed by atoms with E-state index in [1.54, 1.807) is 6.08 Å². The van der Waals surface area contributed by atoms with Gasteiger partial charge >= 0.3 is 0 Å². The molecular formula is C15H15BrO2. The van der Waals surface area contributed by atoms with E-state index < -0.39 is 6.10 Å². The van der Waals surface area contributed by atoms with Crippen molar-refractivity contribution in [1.82, 2.24) is 0 Å². The molecular weight excluding hydrogens is 292 g/mol. The van der Waals surface area contributed by atoms with Gasteiger partial charge in [0.2, 0.25) is 0 Å². The summed E-state index contributed by atoms with van der Waals surface area (Å²) in [4.78, 5) is 2.61. The molecule has 1 N–H and O–H groups in total. The number of allylic oxidation sites excluding steroid dienone is 1. The van der Waals surface area contributed by atoms with Gasteiger partial charge in [0.25, 0.3) is 0 Å². The van der Waals surface area contributed by atoms with E-state index in [1.807, 2.05) is 24.3 Å². The van der Waals surface area contributed by atoms with Crippen molar-refractivity contribution >= 4 is 15.9 Å². The van der Waals surface area contributed by atoms with Crippen LogP contribution in [0.25, 0.3) is 0 Å². The van der Waals surface area contributed by atoms with E-state index in [4.69, 9.17) is 4.74 Å². The van der Waals surface area contributed by atoms with Crippen LogP contribution in [0.15, 0.2) is 30.4 Å². The summed E-state index contributed by atoms with van der Waals surface area (Å²) in [5.41, 5.74) is 2.11. The van der Waals surface area contributed by atoms with E-state index in [-0.39, 0.29) is 6.10 Å². The van der Waals surface area contributed by atoms with E-state index in [9.17, 15) is 5.11 Å². The number of aliphatic hydroxyl groups is 1. The predicted octanol–water partition coefficient (Wildman–Crippen LogP) is 3.35. The molecule has 1 heterocycles.